The van der Waals surface area contributed by atoms with Gasteiger partial charge in [0.25, 0.3) is 0 Å². The van der Waals surface area contributed by atoms with Crippen LogP contribution in [0.3, 0.4) is 0 Å². The van der Waals surface area contributed by atoms with Crippen LogP contribution >= 0.6 is 24.2 Å². The van der Waals surface area contributed by atoms with Gasteiger partial charge in [-0.1, -0.05) is 44.2 Å². The fourth-order valence-corrected chi connectivity index (χ4v) is 3.25. The summed E-state index contributed by atoms with van der Waals surface area (Å²) in [5.41, 5.74) is 5.56. The number of hydrogen-bond donors (Lipinski definition) is 2. The molecule has 3 N–H and O–H groups in total. The van der Waals surface area contributed by atoms with E-state index in [-0.39, 0.29) is 23.9 Å². The second-order valence-electron chi connectivity index (χ2n) is 5.54. The van der Waals surface area contributed by atoms with E-state index in [9.17, 15) is 4.79 Å². The molecule has 0 atom stereocenters. The lowest BCUT2D eigenvalue weighted by atomic mass is 9.93. The van der Waals surface area contributed by atoms with Crippen LogP contribution in [0, 0.1) is 0 Å². The van der Waals surface area contributed by atoms with Crippen LogP contribution in [0.15, 0.2) is 47.4 Å². The van der Waals surface area contributed by atoms with Crippen molar-refractivity contribution in [2.75, 3.05) is 12.3 Å². The molecule has 0 aliphatic rings. The highest BCUT2D eigenvalue weighted by Gasteiger charge is 2.25. The van der Waals surface area contributed by atoms with Gasteiger partial charge < -0.3 is 11.1 Å². The van der Waals surface area contributed by atoms with E-state index < -0.39 is 0 Å². The summed E-state index contributed by atoms with van der Waals surface area (Å²) in [6, 6.07) is 14.5. The number of carbonyl (C=O) groups is 1. The lowest BCUT2D eigenvalue weighted by Gasteiger charge is -2.31. The lowest BCUT2D eigenvalue weighted by Crippen LogP contribution is -2.53. The minimum atomic E-state index is -0.263. The van der Waals surface area contributed by atoms with Gasteiger partial charge in [0.05, 0.1) is 11.3 Å². The summed E-state index contributed by atoms with van der Waals surface area (Å²) in [6.07, 6.45) is 1.71. The van der Waals surface area contributed by atoms with E-state index in [2.05, 4.69) is 49.5 Å². The van der Waals surface area contributed by atoms with Crippen molar-refractivity contribution in [2.24, 2.45) is 5.73 Å². The van der Waals surface area contributed by atoms with E-state index in [0.717, 1.165) is 17.7 Å². The second kappa shape index (κ2) is 9.16. The van der Waals surface area contributed by atoms with E-state index in [1.807, 2.05) is 12.1 Å². The summed E-state index contributed by atoms with van der Waals surface area (Å²) in [6.45, 7) is 4.60. The highest BCUT2D eigenvalue weighted by atomic mass is 35.5. The highest BCUT2D eigenvalue weighted by Crippen LogP contribution is 2.24. The van der Waals surface area contributed by atoms with Gasteiger partial charge in [0.15, 0.2) is 0 Å². The molecule has 1 amide bonds. The van der Waals surface area contributed by atoms with E-state index in [0.29, 0.717) is 12.3 Å². The fraction of sp³-hybridized carbons (Fsp3) is 0.389. The number of fused-ring (bicyclic) bond motifs is 1. The van der Waals surface area contributed by atoms with E-state index >= 15 is 0 Å². The minimum Gasteiger partial charge on any atom is -0.349 e. The SMILES string of the molecule is CCC(CC)(CN)NC(=O)CSc1ccc2ccccc2c1.Cl. The minimum absolute atomic E-state index is 0. The van der Waals surface area contributed by atoms with Crippen molar-refractivity contribution in [1.82, 2.24) is 5.32 Å². The molecule has 5 heteroatoms. The summed E-state index contributed by atoms with van der Waals surface area (Å²) in [5.74, 6) is 0.465. The average molecular weight is 353 g/mol. The number of amides is 1. The third-order valence-corrected chi connectivity index (χ3v) is 5.23. The van der Waals surface area contributed by atoms with Gasteiger partial charge in [-0.25, -0.2) is 0 Å². The zero-order valence-corrected chi connectivity index (χ0v) is 15.3. The number of thioether (sulfide) groups is 1. The molecule has 23 heavy (non-hydrogen) atoms. The molecule has 0 spiro atoms. The summed E-state index contributed by atoms with van der Waals surface area (Å²) in [4.78, 5) is 13.3. The molecule has 2 aromatic rings. The molecule has 0 fully saturated rings. The summed E-state index contributed by atoms with van der Waals surface area (Å²) >= 11 is 1.56. The van der Waals surface area contributed by atoms with Crippen molar-refractivity contribution >= 4 is 40.8 Å². The second-order valence-corrected chi connectivity index (χ2v) is 6.59. The van der Waals surface area contributed by atoms with Crippen molar-refractivity contribution in [1.29, 1.82) is 0 Å². The first kappa shape index (κ1) is 19.8. The molecule has 0 saturated carbocycles. The fourth-order valence-electron chi connectivity index (χ4n) is 2.50. The normalized spacial score (nSPS) is 11.1. The predicted octanol–water partition coefficient (Wildman–Crippen LogP) is 3.99. The number of rotatable bonds is 7. The van der Waals surface area contributed by atoms with Crippen molar-refractivity contribution in [3.63, 3.8) is 0 Å². The zero-order valence-electron chi connectivity index (χ0n) is 13.7. The van der Waals surface area contributed by atoms with E-state index in [1.54, 1.807) is 11.8 Å². The van der Waals surface area contributed by atoms with Crippen LogP contribution in [0.5, 0.6) is 0 Å². The molecule has 0 aliphatic carbocycles. The van der Waals surface area contributed by atoms with Crippen molar-refractivity contribution < 1.29 is 4.79 Å². The molecular formula is C18H25ClN2OS. The number of nitrogens with one attached hydrogen (secondary N) is 1. The van der Waals surface area contributed by atoms with Crippen LogP contribution in [0.25, 0.3) is 10.8 Å². The monoisotopic (exact) mass is 352 g/mol. The Labute approximate surface area is 148 Å². The third kappa shape index (κ3) is 5.13. The summed E-state index contributed by atoms with van der Waals surface area (Å²) in [5, 5.41) is 5.52. The maximum absolute atomic E-state index is 12.2. The van der Waals surface area contributed by atoms with Gasteiger partial charge in [0, 0.05) is 11.4 Å². The topological polar surface area (TPSA) is 55.1 Å². The number of nitrogens with two attached hydrogens (primary N) is 1. The van der Waals surface area contributed by atoms with Crippen molar-refractivity contribution in [3.05, 3.63) is 42.5 Å². The van der Waals surface area contributed by atoms with Gasteiger partial charge in [-0.3, -0.25) is 4.79 Å². The quantitative estimate of drug-likeness (QED) is 0.741. The van der Waals surface area contributed by atoms with Crippen LogP contribution in [0.2, 0.25) is 0 Å². The highest BCUT2D eigenvalue weighted by molar-refractivity contribution is 8.00. The van der Waals surface area contributed by atoms with Crippen LogP contribution in [0.1, 0.15) is 26.7 Å². The average Bonchev–Trinajstić information content (AvgIpc) is 2.58. The molecule has 0 aromatic heterocycles. The molecule has 0 saturated heterocycles. The molecule has 0 aliphatic heterocycles. The van der Waals surface area contributed by atoms with E-state index in [4.69, 9.17) is 5.73 Å². The Kier molecular flexibility index (Phi) is 7.89. The largest absolute Gasteiger partial charge is 0.349 e. The molecular weight excluding hydrogens is 328 g/mol. The Hall–Kier alpha value is -1.23. The Bertz CT molecular complexity index is 635. The molecule has 2 aromatic carbocycles. The molecule has 0 radical (unpaired) electrons. The van der Waals surface area contributed by atoms with Crippen LogP contribution in [-0.4, -0.2) is 23.7 Å². The molecule has 0 unspecified atom stereocenters. The molecule has 126 valence electrons. The zero-order chi connectivity index (χ0) is 16.0. The van der Waals surface area contributed by atoms with Crippen LogP contribution in [0.4, 0.5) is 0 Å². The van der Waals surface area contributed by atoms with Gasteiger partial charge in [-0.05, 0) is 35.7 Å². The van der Waals surface area contributed by atoms with Gasteiger partial charge in [0.1, 0.15) is 0 Å². The number of carbonyl (C=O) groups excluding carboxylic acids is 1. The van der Waals surface area contributed by atoms with Gasteiger partial charge >= 0.3 is 0 Å². The first-order chi connectivity index (χ1) is 10.6. The van der Waals surface area contributed by atoms with Crippen molar-refractivity contribution in [3.8, 4) is 0 Å². The molecule has 0 bridgehead atoms. The number of hydrogen-bond acceptors (Lipinski definition) is 3. The first-order valence-corrected chi connectivity index (χ1v) is 8.73. The van der Waals surface area contributed by atoms with Crippen LogP contribution in [-0.2, 0) is 4.79 Å². The maximum atomic E-state index is 12.2. The number of halogens is 1. The third-order valence-electron chi connectivity index (χ3n) is 4.24. The molecule has 2 rings (SSSR count). The molecule has 0 heterocycles. The van der Waals surface area contributed by atoms with Gasteiger partial charge in [0.2, 0.25) is 5.91 Å². The molecule has 3 nitrogen and oxygen atoms in total. The Morgan fingerprint density at radius 3 is 2.39 bits per heavy atom. The maximum Gasteiger partial charge on any atom is 0.230 e. The smallest absolute Gasteiger partial charge is 0.230 e. The predicted molar refractivity (Wildman–Crippen MR) is 102 cm³/mol. The lowest BCUT2D eigenvalue weighted by molar-refractivity contribution is -0.120. The van der Waals surface area contributed by atoms with Gasteiger partial charge in [-0.2, -0.15) is 0 Å². The summed E-state index contributed by atoms with van der Waals surface area (Å²) < 4.78 is 0. The number of benzene rings is 2. The van der Waals surface area contributed by atoms with Gasteiger partial charge in [-0.15, -0.1) is 24.2 Å². The summed E-state index contributed by atoms with van der Waals surface area (Å²) in [7, 11) is 0. The van der Waals surface area contributed by atoms with E-state index in [1.165, 1.54) is 10.8 Å². The van der Waals surface area contributed by atoms with Crippen LogP contribution < -0.4 is 11.1 Å². The standard InChI is InChI=1S/C18H24N2OS.ClH/c1-3-18(4-2,13-19)20-17(21)12-22-16-10-9-14-7-5-6-8-15(14)11-16;/h5-11H,3-4,12-13,19H2,1-2H3,(H,20,21);1H. The Morgan fingerprint density at radius 2 is 1.78 bits per heavy atom. The Balaban J connectivity index is 0.00000264. The first-order valence-electron chi connectivity index (χ1n) is 7.75. The van der Waals surface area contributed by atoms with Crippen molar-refractivity contribution in [2.45, 2.75) is 37.1 Å². The Morgan fingerprint density at radius 1 is 1.13 bits per heavy atom.